The van der Waals surface area contributed by atoms with Crippen molar-refractivity contribution in [2.45, 2.75) is 43.9 Å². The van der Waals surface area contributed by atoms with E-state index in [-0.39, 0.29) is 30.6 Å². The number of hydrogen-bond acceptors (Lipinski definition) is 5. The summed E-state index contributed by atoms with van der Waals surface area (Å²) in [7, 11) is 0. The molecular weight excluding hydrogens is 408 g/mol. The predicted octanol–water partition coefficient (Wildman–Crippen LogP) is 0.756. The van der Waals surface area contributed by atoms with Crippen LogP contribution in [-0.2, 0) is 4.79 Å². The molecule has 7 nitrogen and oxygen atoms in total. The first-order chi connectivity index (χ1) is 14.7. The van der Waals surface area contributed by atoms with Crippen LogP contribution >= 0.6 is 0 Å². The summed E-state index contributed by atoms with van der Waals surface area (Å²) in [6.07, 6.45) is 0.379. The molecule has 1 heterocycles. The molecule has 4 N–H and O–H groups in total. The van der Waals surface area contributed by atoms with E-state index < -0.39 is 29.9 Å². The van der Waals surface area contributed by atoms with Crippen molar-refractivity contribution in [1.82, 2.24) is 15.7 Å². The van der Waals surface area contributed by atoms with Gasteiger partial charge in [0.2, 0.25) is 0 Å². The zero-order valence-electron chi connectivity index (χ0n) is 16.9. The van der Waals surface area contributed by atoms with Gasteiger partial charge >= 0.3 is 0 Å². The van der Waals surface area contributed by atoms with Gasteiger partial charge in [-0.05, 0) is 55.9 Å². The van der Waals surface area contributed by atoms with Crippen LogP contribution in [0.3, 0.4) is 0 Å². The van der Waals surface area contributed by atoms with E-state index in [1.54, 1.807) is 17.0 Å². The fourth-order valence-electron chi connectivity index (χ4n) is 3.46. The van der Waals surface area contributed by atoms with Gasteiger partial charge in [-0.1, -0.05) is 11.8 Å². The molecular formula is C22H23F2N3O4. The Kier molecular flexibility index (Phi) is 6.91. The number of benzene rings is 1. The Bertz CT molecular complexity index is 943. The van der Waals surface area contributed by atoms with Gasteiger partial charge in [-0.2, -0.15) is 0 Å². The summed E-state index contributed by atoms with van der Waals surface area (Å²) >= 11 is 0. The molecule has 3 rings (SSSR count). The second kappa shape index (κ2) is 9.44. The van der Waals surface area contributed by atoms with Gasteiger partial charge in [-0.3, -0.25) is 19.7 Å². The van der Waals surface area contributed by atoms with Gasteiger partial charge in [0.15, 0.2) is 0 Å². The van der Waals surface area contributed by atoms with Crippen molar-refractivity contribution >= 4 is 11.8 Å². The van der Waals surface area contributed by atoms with E-state index in [2.05, 4.69) is 29.0 Å². The average molecular weight is 431 g/mol. The van der Waals surface area contributed by atoms with Gasteiger partial charge in [-0.15, -0.1) is 0 Å². The summed E-state index contributed by atoms with van der Waals surface area (Å²) in [6.45, 7) is 1.01. The van der Waals surface area contributed by atoms with E-state index >= 15 is 0 Å². The summed E-state index contributed by atoms with van der Waals surface area (Å²) in [5.74, 6) is 7.56. The van der Waals surface area contributed by atoms with E-state index in [0.29, 0.717) is 5.56 Å². The number of halogens is 2. The summed E-state index contributed by atoms with van der Waals surface area (Å²) in [5, 5.41) is 20.6. The molecule has 1 aliphatic carbocycles. The summed E-state index contributed by atoms with van der Waals surface area (Å²) in [4.78, 5) is 25.5. The van der Waals surface area contributed by atoms with Crippen LogP contribution in [0.15, 0.2) is 24.3 Å². The zero-order chi connectivity index (χ0) is 22.6. The van der Waals surface area contributed by atoms with Gasteiger partial charge in [0.25, 0.3) is 17.7 Å². The van der Waals surface area contributed by atoms with Crippen molar-refractivity contribution < 1.29 is 28.7 Å². The molecule has 2 fully saturated rings. The lowest BCUT2D eigenvalue weighted by Crippen LogP contribution is -2.62. The fourth-order valence-corrected chi connectivity index (χ4v) is 3.46. The number of rotatable bonds is 5. The summed E-state index contributed by atoms with van der Waals surface area (Å²) in [5.41, 5.74) is 2.29. The van der Waals surface area contributed by atoms with Crippen LogP contribution in [0.5, 0.6) is 0 Å². The van der Waals surface area contributed by atoms with Crippen molar-refractivity contribution in [3.63, 3.8) is 0 Å². The van der Waals surface area contributed by atoms with Gasteiger partial charge in [0.05, 0.1) is 19.2 Å². The van der Waals surface area contributed by atoms with Gasteiger partial charge in [0.1, 0.15) is 6.04 Å². The minimum atomic E-state index is -2.54. The van der Waals surface area contributed by atoms with Crippen LogP contribution in [0.2, 0.25) is 0 Å². The largest absolute Gasteiger partial charge is 0.391 e. The molecule has 0 aromatic heterocycles. The zero-order valence-corrected chi connectivity index (χ0v) is 16.9. The second-order valence-corrected chi connectivity index (χ2v) is 7.85. The van der Waals surface area contributed by atoms with Crippen LogP contribution in [0.1, 0.15) is 35.7 Å². The Balaban J connectivity index is 1.48. The molecule has 164 valence electrons. The minimum Gasteiger partial charge on any atom is -0.391 e. The van der Waals surface area contributed by atoms with Gasteiger partial charge in [0, 0.05) is 23.1 Å². The highest BCUT2D eigenvalue weighted by Crippen LogP contribution is 2.38. The first kappa shape index (κ1) is 22.7. The third kappa shape index (κ3) is 5.80. The SMILES string of the molecule is C[C@@H](O)C(NC(=O)c1ccc(C#CC#CC2CC(N3CC(F)(F)C3)C2)cc1)C(=O)NO. The lowest BCUT2D eigenvalue weighted by atomic mass is 9.78. The van der Waals surface area contributed by atoms with Crippen LogP contribution in [-0.4, -0.2) is 64.2 Å². The van der Waals surface area contributed by atoms with Crippen molar-refractivity contribution in [3.8, 4) is 23.7 Å². The average Bonchev–Trinajstić information content (AvgIpc) is 2.68. The molecule has 9 heteroatoms. The normalized spacial score (nSPS) is 23.4. The number of hydroxylamine groups is 1. The topological polar surface area (TPSA) is 102 Å². The highest BCUT2D eigenvalue weighted by Gasteiger charge is 2.49. The summed E-state index contributed by atoms with van der Waals surface area (Å²) < 4.78 is 25.7. The third-order valence-corrected chi connectivity index (χ3v) is 5.35. The molecule has 1 saturated heterocycles. The maximum atomic E-state index is 12.9. The standard InChI is InChI=1S/C22H23F2N3O4/c1-14(28)19(21(30)26-31)25-20(29)17-8-6-15(7-9-17)4-2-3-5-16-10-18(11-16)27-12-22(23,24)13-27/h6-9,14,16,18-19,28,31H,10-13H2,1H3,(H,25,29)(H,26,30)/t14-,16?,18?,19?/m1/s1. The number of aliphatic hydroxyl groups excluding tert-OH is 1. The third-order valence-electron chi connectivity index (χ3n) is 5.35. The Morgan fingerprint density at radius 2 is 1.84 bits per heavy atom. The van der Waals surface area contributed by atoms with E-state index in [4.69, 9.17) is 5.21 Å². The molecule has 1 aromatic rings. The molecule has 1 aliphatic heterocycles. The van der Waals surface area contributed by atoms with Crippen LogP contribution in [0.4, 0.5) is 8.78 Å². The van der Waals surface area contributed by atoms with E-state index in [1.807, 2.05) is 0 Å². The number of nitrogens with one attached hydrogen (secondary N) is 2. The van der Waals surface area contributed by atoms with Crippen molar-refractivity contribution in [3.05, 3.63) is 35.4 Å². The van der Waals surface area contributed by atoms with E-state index in [9.17, 15) is 23.5 Å². The Labute approximate surface area is 178 Å². The number of carbonyl (C=O) groups excluding carboxylic acids is 2. The van der Waals surface area contributed by atoms with Crippen LogP contribution in [0.25, 0.3) is 0 Å². The van der Waals surface area contributed by atoms with E-state index in [1.165, 1.54) is 24.5 Å². The van der Waals surface area contributed by atoms with Crippen molar-refractivity contribution in [2.75, 3.05) is 13.1 Å². The summed E-state index contributed by atoms with van der Waals surface area (Å²) in [6, 6.07) is 5.18. The second-order valence-electron chi connectivity index (χ2n) is 7.85. The Morgan fingerprint density at radius 3 is 2.39 bits per heavy atom. The molecule has 1 saturated carbocycles. The minimum absolute atomic E-state index is 0.153. The maximum absolute atomic E-state index is 12.9. The molecule has 2 atom stereocenters. The van der Waals surface area contributed by atoms with E-state index in [0.717, 1.165) is 12.8 Å². The van der Waals surface area contributed by atoms with Gasteiger partial charge < -0.3 is 10.4 Å². The van der Waals surface area contributed by atoms with Gasteiger partial charge in [-0.25, -0.2) is 14.3 Å². The smallest absolute Gasteiger partial charge is 0.272 e. The molecule has 0 spiro atoms. The number of carbonyl (C=O) groups is 2. The van der Waals surface area contributed by atoms with Crippen molar-refractivity contribution in [1.29, 1.82) is 0 Å². The quantitative estimate of drug-likeness (QED) is 0.313. The highest BCUT2D eigenvalue weighted by atomic mass is 19.3. The molecule has 1 aromatic carbocycles. The van der Waals surface area contributed by atoms with Crippen LogP contribution < -0.4 is 10.8 Å². The fraction of sp³-hybridized carbons (Fsp3) is 0.455. The lowest BCUT2D eigenvalue weighted by molar-refractivity contribution is -0.158. The van der Waals surface area contributed by atoms with Crippen molar-refractivity contribution in [2.24, 2.45) is 5.92 Å². The monoisotopic (exact) mass is 431 g/mol. The molecule has 0 radical (unpaired) electrons. The lowest BCUT2D eigenvalue weighted by Gasteiger charge is -2.49. The molecule has 0 bridgehead atoms. The number of aliphatic hydroxyl groups is 1. The predicted molar refractivity (Wildman–Crippen MR) is 107 cm³/mol. The number of hydrogen-bond donors (Lipinski definition) is 4. The number of alkyl halides is 2. The molecule has 31 heavy (non-hydrogen) atoms. The Morgan fingerprint density at radius 1 is 1.19 bits per heavy atom. The molecule has 2 amide bonds. The molecule has 1 unspecified atom stereocenters. The first-order valence-electron chi connectivity index (χ1n) is 9.85. The first-order valence-corrected chi connectivity index (χ1v) is 9.85. The maximum Gasteiger partial charge on any atom is 0.272 e. The van der Waals surface area contributed by atoms with Crippen LogP contribution in [0, 0.1) is 29.6 Å². The number of likely N-dealkylation sites (tertiary alicyclic amines) is 1. The number of amides is 2. The number of nitrogens with zero attached hydrogens (tertiary/aromatic N) is 1. The highest BCUT2D eigenvalue weighted by molar-refractivity contribution is 5.97. The Hall–Kier alpha value is -2.98. The molecule has 2 aliphatic rings.